The average Bonchev–Trinajstić information content (AvgIpc) is 3.18. The first kappa shape index (κ1) is 17.6. The molecule has 0 spiro atoms. The number of aryl methyl sites for hydroxylation is 2. The third-order valence-electron chi connectivity index (χ3n) is 3.54. The van der Waals surface area contributed by atoms with Gasteiger partial charge >= 0.3 is 0 Å². The summed E-state index contributed by atoms with van der Waals surface area (Å²) in [7, 11) is 1.61. The van der Waals surface area contributed by atoms with E-state index in [1.54, 1.807) is 26.2 Å². The van der Waals surface area contributed by atoms with Gasteiger partial charge in [0.05, 0.1) is 17.8 Å². The highest BCUT2D eigenvalue weighted by atomic mass is 32.2. The van der Waals surface area contributed by atoms with Crippen molar-refractivity contribution >= 4 is 28.9 Å². The summed E-state index contributed by atoms with van der Waals surface area (Å²) >= 11 is 2.94. The molecule has 0 fully saturated rings. The lowest BCUT2D eigenvalue weighted by Crippen LogP contribution is -1.96. The van der Waals surface area contributed by atoms with E-state index in [1.807, 2.05) is 19.9 Å². The summed E-state index contributed by atoms with van der Waals surface area (Å²) in [6.45, 7) is 5.41. The molecule has 0 aliphatic carbocycles. The van der Waals surface area contributed by atoms with E-state index in [0.717, 1.165) is 26.9 Å². The molecule has 0 bridgehead atoms. The van der Waals surface area contributed by atoms with Gasteiger partial charge in [0.15, 0.2) is 5.78 Å². The molecule has 130 valence electrons. The molecule has 0 radical (unpaired) electrons. The minimum Gasteiger partial charge on any atom is -0.496 e. The lowest BCUT2D eigenvalue weighted by atomic mass is 10.1. The smallest absolute Gasteiger partial charge is 0.277 e. The molecule has 1 aromatic carbocycles. The number of thiazole rings is 1. The third-order valence-corrected chi connectivity index (χ3v) is 5.47. The van der Waals surface area contributed by atoms with E-state index < -0.39 is 0 Å². The monoisotopic (exact) mass is 375 g/mol. The molecule has 0 N–H and O–H groups in total. The number of hydrogen-bond donors (Lipinski definition) is 0. The first-order valence-electron chi connectivity index (χ1n) is 7.56. The quantitative estimate of drug-likeness (QED) is 0.469. The number of carbonyl (C=O) groups is 1. The van der Waals surface area contributed by atoms with Gasteiger partial charge in [0, 0.05) is 16.9 Å². The zero-order valence-electron chi connectivity index (χ0n) is 14.3. The molecular weight excluding hydrogens is 358 g/mol. The van der Waals surface area contributed by atoms with Gasteiger partial charge in [-0.3, -0.25) is 4.79 Å². The number of methoxy groups -OCH3 is 1. The van der Waals surface area contributed by atoms with Crippen LogP contribution in [0.4, 0.5) is 0 Å². The second kappa shape index (κ2) is 7.37. The summed E-state index contributed by atoms with van der Waals surface area (Å²) in [6, 6.07) is 5.40. The third kappa shape index (κ3) is 3.91. The molecule has 0 aliphatic heterocycles. The number of ketones is 1. The molecule has 3 aromatic rings. The highest BCUT2D eigenvalue weighted by molar-refractivity contribution is 7.98. The molecule has 2 heterocycles. The summed E-state index contributed by atoms with van der Waals surface area (Å²) in [5, 5.41) is 9.63. The van der Waals surface area contributed by atoms with Crippen LogP contribution < -0.4 is 4.74 Å². The highest BCUT2D eigenvalue weighted by Gasteiger charge is 2.16. The number of carbonyl (C=O) groups excluding carboxylic acids is 1. The molecule has 8 heteroatoms. The van der Waals surface area contributed by atoms with E-state index in [4.69, 9.17) is 9.15 Å². The van der Waals surface area contributed by atoms with Crippen molar-refractivity contribution in [2.24, 2.45) is 0 Å². The van der Waals surface area contributed by atoms with Crippen molar-refractivity contribution in [3.05, 3.63) is 40.0 Å². The van der Waals surface area contributed by atoms with Gasteiger partial charge in [-0.05, 0) is 39.0 Å². The Kier molecular flexibility index (Phi) is 5.19. The van der Waals surface area contributed by atoms with Gasteiger partial charge in [0.2, 0.25) is 0 Å². The Morgan fingerprint density at radius 2 is 2.12 bits per heavy atom. The minimum absolute atomic E-state index is 0.0185. The van der Waals surface area contributed by atoms with Crippen LogP contribution in [0.15, 0.2) is 27.8 Å². The lowest BCUT2D eigenvalue weighted by molar-refractivity contribution is 0.101. The van der Waals surface area contributed by atoms with Gasteiger partial charge in [0.25, 0.3) is 11.1 Å². The first-order chi connectivity index (χ1) is 12.0. The summed E-state index contributed by atoms with van der Waals surface area (Å²) < 4.78 is 11.1. The van der Waals surface area contributed by atoms with E-state index in [9.17, 15) is 4.79 Å². The fraction of sp³-hybridized carbons (Fsp3) is 0.294. The van der Waals surface area contributed by atoms with Gasteiger partial charge in [-0.25, -0.2) is 4.98 Å². The van der Waals surface area contributed by atoms with E-state index >= 15 is 0 Å². The Morgan fingerprint density at radius 3 is 2.76 bits per heavy atom. The maximum atomic E-state index is 11.6. The molecule has 0 unspecified atom stereocenters. The molecule has 0 saturated carbocycles. The Bertz CT molecular complexity index is 918. The largest absolute Gasteiger partial charge is 0.496 e. The van der Waals surface area contributed by atoms with Crippen LogP contribution in [0.1, 0.15) is 33.5 Å². The Morgan fingerprint density at radius 1 is 1.32 bits per heavy atom. The average molecular weight is 375 g/mol. The first-order valence-corrected chi connectivity index (χ1v) is 9.36. The maximum Gasteiger partial charge on any atom is 0.277 e. The fourth-order valence-corrected chi connectivity index (χ4v) is 3.92. The number of hydrogen-bond acceptors (Lipinski definition) is 8. The number of Topliss-reactive ketones (excluding diaryl/α,β-unsaturated/α-hetero) is 1. The van der Waals surface area contributed by atoms with Gasteiger partial charge in [-0.2, -0.15) is 0 Å². The number of nitrogens with zero attached hydrogens (tertiary/aromatic N) is 3. The van der Waals surface area contributed by atoms with Crippen molar-refractivity contribution in [1.29, 1.82) is 0 Å². The number of thioether (sulfide) groups is 1. The van der Waals surface area contributed by atoms with E-state index in [1.165, 1.54) is 23.1 Å². The fourth-order valence-electron chi connectivity index (χ4n) is 2.34. The number of rotatable bonds is 6. The maximum absolute atomic E-state index is 11.6. The standard InChI is InChI=1S/C17H17N3O3S2/c1-9-15(25-11(3)18-9)16-19-20-17(23-16)24-8-13-7-12(10(2)21)5-6-14(13)22-4/h5-7H,8H2,1-4H3. The predicted octanol–water partition coefficient (Wildman–Crippen LogP) is 4.31. The highest BCUT2D eigenvalue weighted by Crippen LogP contribution is 2.33. The summed E-state index contributed by atoms with van der Waals surface area (Å²) in [5.41, 5.74) is 2.45. The van der Waals surface area contributed by atoms with Gasteiger partial charge in [-0.1, -0.05) is 11.8 Å². The van der Waals surface area contributed by atoms with Crippen LogP contribution in [0.3, 0.4) is 0 Å². The number of benzene rings is 1. The van der Waals surface area contributed by atoms with Crippen LogP contribution >= 0.6 is 23.1 Å². The minimum atomic E-state index is 0.0185. The summed E-state index contributed by atoms with van der Waals surface area (Å²) in [5.74, 6) is 1.79. The Hall–Kier alpha value is -2.19. The SMILES string of the molecule is COc1ccc(C(C)=O)cc1CSc1nnc(-c2sc(C)nc2C)o1. The van der Waals surface area contributed by atoms with Crippen LogP contribution in [-0.2, 0) is 5.75 Å². The molecular formula is C17H17N3O3S2. The molecule has 2 aromatic heterocycles. The second-order valence-electron chi connectivity index (χ2n) is 5.39. The Balaban J connectivity index is 1.77. The topological polar surface area (TPSA) is 78.1 Å². The normalized spacial score (nSPS) is 10.9. The Labute approximate surface area is 153 Å². The molecule has 0 aliphatic rings. The van der Waals surface area contributed by atoms with Crippen molar-refractivity contribution in [1.82, 2.24) is 15.2 Å². The van der Waals surface area contributed by atoms with Gasteiger partial charge in [0.1, 0.15) is 10.6 Å². The zero-order chi connectivity index (χ0) is 18.0. The van der Waals surface area contributed by atoms with Crippen LogP contribution in [0.25, 0.3) is 10.8 Å². The molecule has 3 rings (SSSR count). The van der Waals surface area contributed by atoms with Crippen molar-refractivity contribution in [2.75, 3.05) is 7.11 Å². The van der Waals surface area contributed by atoms with Crippen molar-refractivity contribution in [2.45, 2.75) is 31.7 Å². The van der Waals surface area contributed by atoms with Gasteiger partial charge < -0.3 is 9.15 Å². The van der Waals surface area contributed by atoms with E-state index in [0.29, 0.717) is 22.4 Å². The zero-order valence-corrected chi connectivity index (χ0v) is 16.0. The van der Waals surface area contributed by atoms with E-state index in [-0.39, 0.29) is 5.78 Å². The van der Waals surface area contributed by atoms with Crippen LogP contribution in [0.2, 0.25) is 0 Å². The van der Waals surface area contributed by atoms with E-state index in [2.05, 4.69) is 15.2 Å². The van der Waals surface area contributed by atoms with Crippen LogP contribution in [0, 0.1) is 13.8 Å². The summed E-state index contributed by atoms with van der Waals surface area (Å²) in [4.78, 5) is 16.8. The number of aromatic nitrogens is 3. The molecule has 0 saturated heterocycles. The summed E-state index contributed by atoms with van der Waals surface area (Å²) in [6.07, 6.45) is 0. The molecule has 25 heavy (non-hydrogen) atoms. The number of ether oxygens (including phenoxy) is 1. The van der Waals surface area contributed by atoms with Crippen molar-refractivity contribution < 1.29 is 13.9 Å². The van der Waals surface area contributed by atoms with Gasteiger partial charge in [-0.15, -0.1) is 21.5 Å². The van der Waals surface area contributed by atoms with Crippen LogP contribution in [-0.4, -0.2) is 28.1 Å². The predicted molar refractivity (Wildman–Crippen MR) is 97.4 cm³/mol. The molecule has 0 atom stereocenters. The van der Waals surface area contributed by atoms with Crippen molar-refractivity contribution in [3.8, 4) is 16.5 Å². The lowest BCUT2D eigenvalue weighted by Gasteiger charge is -2.08. The molecule has 0 amide bonds. The molecule has 6 nitrogen and oxygen atoms in total. The second-order valence-corrected chi connectivity index (χ2v) is 7.52. The van der Waals surface area contributed by atoms with Crippen molar-refractivity contribution in [3.63, 3.8) is 0 Å². The van der Waals surface area contributed by atoms with Crippen LogP contribution in [0.5, 0.6) is 5.75 Å².